The second-order valence-electron chi connectivity index (χ2n) is 9.00. The summed E-state index contributed by atoms with van der Waals surface area (Å²) in [4.78, 5) is 31.0. The van der Waals surface area contributed by atoms with Crippen molar-refractivity contribution in [1.29, 1.82) is 0 Å². The number of aromatic nitrogens is 3. The minimum Gasteiger partial charge on any atom is -0.488 e. The number of rotatable bonds is 8. The van der Waals surface area contributed by atoms with Gasteiger partial charge in [0, 0.05) is 43.8 Å². The fourth-order valence-electron chi connectivity index (χ4n) is 4.54. The second kappa shape index (κ2) is 11.0. The summed E-state index contributed by atoms with van der Waals surface area (Å²) in [5.41, 5.74) is 0.869. The standard InChI is InChI=1S/C25H23ClF3N5O5/c1-37-23-17(22(35)30-9-13-2-3-18(26)19(27)6-13)8-20(21(32-23)14-10-31-34(11-14)24(28)29)39-16-4-5-33-15(7-16)12-38-25(33)36/h2-3,6,8,10-11,15-16,24H,4-5,7,9,12H2,1H3,(H,30,35)/t15-,16-/m0/s1. The summed E-state index contributed by atoms with van der Waals surface area (Å²) in [6, 6.07) is 5.43. The highest BCUT2D eigenvalue weighted by Gasteiger charge is 2.39. The van der Waals surface area contributed by atoms with Crippen LogP contribution in [0.15, 0.2) is 36.7 Å². The van der Waals surface area contributed by atoms with Crippen molar-refractivity contribution in [3.05, 3.63) is 58.6 Å². The molecule has 14 heteroatoms. The Morgan fingerprint density at radius 2 is 2.15 bits per heavy atom. The molecule has 0 aliphatic carbocycles. The molecule has 5 rings (SSSR count). The van der Waals surface area contributed by atoms with Gasteiger partial charge in [-0.05, 0) is 17.7 Å². The molecule has 39 heavy (non-hydrogen) atoms. The summed E-state index contributed by atoms with van der Waals surface area (Å²) < 4.78 is 57.4. The summed E-state index contributed by atoms with van der Waals surface area (Å²) in [6.45, 7) is -2.21. The molecule has 2 fully saturated rings. The molecule has 10 nitrogen and oxygen atoms in total. The summed E-state index contributed by atoms with van der Waals surface area (Å²) >= 11 is 5.72. The minimum absolute atomic E-state index is 0.0106. The molecule has 2 amide bonds. The van der Waals surface area contributed by atoms with Gasteiger partial charge in [-0.15, -0.1) is 0 Å². The number of hydrogen-bond acceptors (Lipinski definition) is 7. The fraction of sp³-hybridized carbons (Fsp3) is 0.360. The first-order valence-electron chi connectivity index (χ1n) is 12.0. The molecule has 2 aliphatic heterocycles. The Morgan fingerprint density at radius 3 is 2.87 bits per heavy atom. The van der Waals surface area contributed by atoms with Crippen LogP contribution in [0.25, 0.3) is 11.3 Å². The number of pyridine rings is 1. The molecule has 2 atom stereocenters. The highest BCUT2D eigenvalue weighted by Crippen LogP contribution is 2.36. The van der Waals surface area contributed by atoms with Crippen LogP contribution in [0.2, 0.25) is 5.02 Å². The summed E-state index contributed by atoms with van der Waals surface area (Å²) in [5, 5.41) is 6.31. The Bertz CT molecular complexity index is 1400. The Labute approximate surface area is 225 Å². The zero-order valence-electron chi connectivity index (χ0n) is 20.6. The average Bonchev–Trinajstić information content (AvgIpc) is 3.56. The molecule has 1 N–H and O–H groups in total. The Hall–Kier alpha value is -4.00. The molecule has 0 radical (unpaired) electrons. The molecule has 206 valence electrons. The first kappa shape index (κ1) is 26.6. The van der Waals surface area contributed by atoms with E-state index in [1.165, 1.54) is 31.5 Å². The third-order valence-corrected chi connectivity index (χ3v) is 6.80. The van der Waals surface area contributed by atoms with Crippen molar-refractivity contribution >= 4 is 23.6 Å². The van der Waals surface area contributed by atoms with E-state index in [1.54, 1.807) is 11.0 Å². The average molecular weight is 566 g/mol. The van der Waals surface area contributed by atoms with E-state index in [0.717, 1.165) is 6.20 Å². The van der Waals surface area contributed by atoms with Crippen molar-refractivity contribution in [3.63, 3.8) is 0 Å². The first-order chi connectivity index (χ1) is 18.7. The lowest BCUT2D eigenvalue weighted by atomic mass is 10.0. The maximum absolute atomic E-state index is 13.8. The second-order valence-corrected chi connectivity index (χ2v) is 9.41. The third-order valence-electron chi connectivity index (χ3n) is 6.50. The zero-order chi connectivity index (χ0) is 27.7. The normalized spacial score (nSPS) is 18.6. The Balaban J connectivity index is 1.44. The number of hydrogen-bond donors (Lipinski definition) is 1. The minimum atomic E-state index is -2.86. The van der Waals surface area contributed by atoms with E-state index in [9.17, 15) is 22.8 Å². The van der Waals surface area contributed by atoms with Gasteiger partial charge in [0.15, 0.2) is 0 Å². The smallest absolute Gasteiger partial charge is 0.410 e. The molecular weight excluding hydrogens is 543 g/mol. The van der Waals surface area contributed by atoms with Crippen molar-refractivity contribution < 1.29 is 37.0 Å². The molecular formula is C25H23ClF3N5O5. The van der Waals surface area contributed by atoms with Crippen LogP contribution >= 0.6 is 11.6 Å². The lowest BCUT2D eigenvalue weighted by molar-refractivity contribution is 0.0566. The molecule has 0 unspecified atom stereocenters. The number of benzene rings is 1. The van der Waals surface area contributed by atoms with Gasteiger partial charge in [0.1, 0.15) is 35.5 Å². The third kappa shape index (κ3) is 5.58. The number of amides is 2. The van der Waals surface area contributed by atoms with Gasteiger partial charge in [-0.1, -0.05) is 17.7 Å². The van der Waals surface area contributed by atoms with Crippen LogP contribution in [0, 0.1) is 5.82 Å². The maximum atomic E-state index is 13.8. The van der Waals surface area contributed by atoms with E-state index < -0.39 is 18.3 Å². The van der Waals surface area contributed by atoms with Crippen molar-refractivity contribution in [1.82, 2.24) is 25.0 Å². The largest absolute Gasteiger partial charge is 0.488 e. The quantitative estimate of drug-likeness (QED) is 0.430. The number of cyclic esters (lactones) is 1. The van der Waals surface area contributed by atoms with E-state index in [2.05, 4.69) is 15.4 Å². The molecule has 2 saturated heterocycles. The number of carbonyl (C=O) groups is 2. The molecule has 2 aliphatic rings. The number of nitrogens with one attached hydrogen (secondary N) is 1. The van der Waals surface area contributed by atoms with Crippen LogP contribution < -0.4 is 14.8 Å². The van der Waals surface area contributed by atoms with Crippen molar-refractivity contribution in [2.24, 2.45) is 0 Å². The van der Waals surface area contributed by atoms with Crippen LogP contribution in [0.5, 0.6) is 11.6 Å². The first-order valence-corrected chi connectivity index (χ1v) is 12.3. The Morgan fingerprint density at radius 1 is 1.33 bits per heavy atom. The molecule has 0 spiro atoms. The van der Waals surface area contributed by atoms with Crippen molar-refractivity contribution in [2.45, 2.75) is 38.1 Å². The summed E-state index contributed by atoms with van der Waals surface area (Å²) in [7, 11) is 1.31. The number of methoxy groups -OCH3 is 1. The lowest BCUT2D eigenvalue weighted by Gasteiger charge is -2.32. The zero-order valence-corrected chi connectivity index (χ0v) is 21.3. The van der Waals surface area contributed by atoms with Gasteiger partial charge in [0.2, 0.25) is 5.88 Å². The number of alkyl halides is 2. The van der Waals surface area contributed by atoms with Gasteiger partial charge in [-0.3, -0.25) is 4.79 Å². The number of halogens is 4. The molecule has 0 bridgehead atoms. The molecule has 2 aromatic heterocycles. The van der Waals surface area contributed by atoms with E-state index >= 15 is 0 Å². The Kier molecular flexibility index (Phi) is 7.51. The fourth-order valence-corrected chi connectivity index (χ4v) is 4.65. The number of piperidine rings is 1. The van der Waals surface area contributed by atoms with Crippen LogP contribution in [0.3, 0.4) is 0 Å². The van der Waals surface area contributed by atoms with E-state index in [0.29, 0.717) is 29.6 Å². The lowest BCUT2D eigenvalue weighted by Crippen LogP contribution is -2.44. The van der Waals surface area contributed by atoms with Crippen LogP contribution in [-0.4, -0.2) is 64.1 Å². The highest BCUT2D eigenvalue weighted by molar-refractivity contribution is 6.30. The monoisotopic (exact) mass is 565 g/mol. The van der Waals surface area contributed by atoms with Gasteiger partial charge in [-0.2, -0.15) is 13.9 Å². The number of nitrogens with zero attached hydrogens (tertiary/aromatic N) is 4. The van der Waals surface area contributed by atoms with Crippen molar-refractivity contribution in [3.8, 4) is 22.9 Å². The van der Waals surface area contributed by atoms with Crippen LogP contribution in [-0.2, 0) is 11.3 Å². The maximum Gasteiger partial charge on any atom is 0.410 e. The number of carbonyl (C=O) groups excluding carboxylic acids is 2. The summed E-state index contributed by atoms with van der Waals surface area (Å²) in [5.74, 6) is -1.13. The molecule has 4 heterocycles. The number of fused-ring (bicyclic) bond motifs is 1. The van der Waals surface area contributed by atoms with E-state index in [1.807, 2.05) is 0 Å². The van der Waals surface area contributed by atoms with Crippen molar-refractivity contribution in [2.75, 3.05) is 20.3 Å². The van der Waals surface area contributed by atoms with Gasteiger partial charge < -0.3 is 24.4 Å². The van der Waals surface area contributed by atoms with Crippen LogP contribution in [0.1, 0.15) is 35.3 Å². The van der Waals surface area contributed by atoms with Gasteiger partial charge in [-0.25, -0.2) is 18.9 Å². The molecule has 3 aromatic rings. The predicted molar refractivity (Wildman–Crippen MR) is 131 cm³/mol. The molecule has 0 saturated carbocycles. The van der Waals surface area contributed by atoms with E-state index in [4.69, 9.17) is 25.8 Å². The van der Waals surface area contributed by atoms with Gasteiger partial charge >= 0.3 is 12.6 Å². The molecule has 1 aromatic carbocycles. The van der Waals surface area contributed by atoms with Gasteiger partial charge in [0.05, 0.1) is 24.4 Å². The summed E-state index contributed by atoms with van der Waals surface area (Å²) in [6.07, 6.45) is 2.54. The SMILES string of the molecule is COc1nc(-c2cnn(C(F)F)c2)c(O[C@H]2CCN3C(=O)OC[C@@H]3C2)cc1C(=O)NCc1ccc(Cl)c(F)c1. The topological polar surface area (TPSA) is 108 Å². The van der Waals surface area contributed by atoms with Crippen LogP contribution in [0.4, 0.5) is 18.0 Å². The predicted octanol–water partition coefficient (Wildman–Crippen LogP) is 4.43. The number of ether oxygens (including phenoxy) is 3. The van der Waals surface area contributed by atoms with E-state index in [-0.39, 0.29) is 64.9 Å². The highest BCUT2D eigenvalue weighted by atomic mass is 35.5. The van der Waals surface area contributed by atoms with Gasteiger partial charge in [0.25, 0.3) is 5.91 Å².